The summed E-state index contributed by atoms with van der Waals surface area (Å²) in [6.45, 7) is 2.23. The molecule has 0 saturated carbocycles. The van der Waals surface area contributed by atoms with E-state index < -0.39 is 0 Å². The molecule has 16 heavy (non-hydrogen) atoms. The zero-order valence-electron chi connectivity index (χ0n) is 10.0. The van der Waals surface area contributed by atoms with Gasteiger partial charge < -0.3 is 0 Å². The Kier molecular flexibility index (Phi) is 6.69. The first-order valence-corrected chi connectivity index (χ1v) is 6.11. The van der Waals surface area contributed by atoms with Crippen molar-refractivity contribution in [3.05, 3.63) is 24.0 Å². The lowest BCUT2D eigenvalue weighted by Crippen LogP contribution is -2.28. The summed E-state index contributed by atoms with van der Waals surface area (Å²) in [6, 6.07) is 2.17. The third kappa shape index (κ3) is 4.68. The van der Waals surface area contributed by atoms with Crippen molar-refractivity contribution in [2.24, 2.45) is 5.84 Å². The third-order valence-corrected chi connectivity index (χ3v) is 2.81. The minimum Gasteiger partial charge on any atom is -0.271 e. The molecular weight excluding hydrogens is 200 g/mol. The topological polar surface area (TPSA) is 63.8 Å². The van der Waals surface area contributed by atoms with E-state index in [-0.39, 0.29) is 6.04 Å². The Morgan fingerprint density at radius 2 is 2.06 bits per heavy atom. The van der Waals surface area contributed by atoms with Gasteiger partial charge in [0.25, 0.3) is 0 Å². The Balaban J connectivity index is 2.27. The molecule has 0 aliphatic carbocycles. The van der Waals surface area contributed by atoms with Crippen molar-refractivity contribution in [3.63, 3.8) is 0 Å². The first-order chi connectivity index (χ1) is 7.88. The van der Waals surface area contributed by atoms with Crippen molar-refractivity contribution in [1.82, 2.24) is 15.6 Å². The summed E-state index contributed by atoms with van der Waals surface area (Å²) in [7, 11) is 0. The van der Waals surface area contributed by atoms with E-state index in [1.807, 2.05) is 6.07 Å². The Morgan fingerprint density at radius 1 is 1.25 bits per heavy atom. The lowest BCUT2D eigenvalue weighted by molar-refractivity contribution is 0.477. The highest BCUT2D eigenvalue weighted by Crippen LogP contribution is 2.18. The first kappa shape index (κ1) is 13.1. The first-order valence-electron chi connectivity index (χ1n) is 6.11. The molecule has 1 rings (SSSR count). The fourth-order valence-corrected chi connectivity index (χ4v) is 1.81. The maximum absolute atomic E-state index is 5.55. The van der Waals surface area contributed by atoms with Crippen molar-refractivity contribution >= 4 is 0 Å². The standard InChI is InChI=1S/C12H22N4/c1-2-3-4-5-6-7-12(16-13)11-8-9-14-15-10-11/h8-10,12,16H,2-7,13H2,1H3. The van der Waals surface area contributed by atoms with Gasteiger partial charge in [0, 0.05) is 12.2 Å². The van der Waals surface area contributed by atoms with Crippen LogP contribution in [0, 0.1) is 0 Å². The molecule has 0 amide bonds. The maximum atomic E-state index is 5.55. The molecule has 0 aliphatic heterocycles. The van der Waals surface area contributed by atoms with Gasteiger partial charge in [0.1, 0.15) is 0 Å². The monoisotopic (exact) mass is 222 g/mol. The van der Waals surface area contributed by atoms with Crippen molar-refractivity contribution in [2.45, 2.75) is 51.5 Å². The van der Waals surface area contributed by atoms with Gasteiger partial charge in [-0.05, 0) is 18.1 Å². The highest BCUT2D eigenvalue weighted by Gasteiger charge is 2.08. The highest BCUT2D eigenvalue weighted by molar-refractivity contribution is 5.10. The number of hydrogen-bond acceptors (Lipinski definition) is 4. The van der Waals surface area contributed by atoms with E-state index in [9.17, 15) is 0 Å². The van der Waals surface area contributed by atoms with Crippen molar-refractivity contribution in [2.75, 3.05) is 0 Å². The lowest BCUT2D eigenvalue weighted by atomic mass is 10.0. The van der Waals surface area contributed by atoms with E-state index in [1.54, 1.807) is 12.4 Å². The number of hydrazine groups is 1. The van der Waals surface area contributed by atoms with Crippen molar-refractivity contribution in [3.8, 4) is 0 Å². The van der Waals surface area contributed by atoms with Crippen LogP contribution in [0.25, 0.3) is 0 Å². The van der Waals surface area contributed by atoms with Gasteiger partial charge in [-0.1, -0.05) is 39.0 Å². The smallest absolute Gasteiger partial charge is 0.0544 e. The van der Waals surface area contributed by atoms with Crippen LogP contribution >= 0.6 is 0 Å². The summed E-state index contributed by atoms with van der Waals surface area (Å²) in [5.41, 5.74) is 3.96. The fourth-order valence-electron chi connectivity index (χ4n) is 1.81. The SMILES string of the molecule is CCCCCCCC(NN)c1ccnnc1. The van der Waals surface area contributed by atoms with Crippen LogP contribution in [0.4, 0.5) is 0 Å². The van der Waals surface area contributed by atoms with Crippen molar-refractivity contribution < 1.29 is 0 Å². The van der Waals surface area contributed by atoms with Crippen LogP contribution in [0.15, 0.2) is 18.5 Å². The summed E-state index contributed by atoms with van der Waals surface area (Å²) >= 11 is 0. The molecule has 1 aromatic rings. The number of hydrogen-bond donors (Lipinski definition) is 2. The Morgan fingerprint density at radius 3 is 2.69 bits per heavy atom. The van der Waals surface area contributed by atoms with Gasteiger partial charge in [-0.15, -0.1) is 0 Å². The van der Waals surface area contributed by atoms with Gasteiger partial charge in [-0.2, -0.15) is 10.2 Å². The second kappa shape index (κ2) is 8.19. The molecule has 0 fully saturated rings. The molecule has 1 atom stereocenters. The summed E-state index contributed by atoms with van der Waals surface area (Å²) < 4.78 is 0. The number of nitrogens with one attached hydrogen (secondary N) is 1. The number of rotatable bonds is 8. The molecule has 1 heterocycles. The number of nitrogens with two attached hydrogens (primary N) is 1. The normalized spacial score (nSPS) is 12.6. The van der Waals surface area contributed by atoms with Gasteiger partial charge in [-0.3, -0.25) is 11.3 Å². The quantitative estimate of drug-likeness (QED) is 0.402. The summed E-state index contributed by atoms with van der Waals surface area (Å²) in [5, 5.41) is 7.63. The van der Waals surface area contributed by atoms with Crippen LogP contribution in [0.2, 0.25) is 0 Å². The van der Waals surface area contributed by atoms with Crippen LogP contribution in [0.5, 0.6) is 0 Å². The van der Waals surface area contributed by atoms with Crippen LogP contribution < -0.4 is 11.3 Å². The van der Waals surface area contributed by atoms with E-state index in [0.717, 1.165) is 12.0 Å². The Labute approximate surface area is 97.6 Å². The minimum atomic E-state index is 0.206. The van der Waals surface area contributed by atoms with E-state index in [0.29, 0.717) is 0 Å². The predicted molar refractivity (Wildman–Crippen MR) is 65.5 cm³/mol. The van der Waals surface area contributed by atoms with E-state index >= 15 is 0 Å². The molecule has 90 valence electrons. The Bertz CT molecular complexity index is 263. The average Bonchev–Trinajstić information content (AvgIpc) is 2.35. The van der Waals surface area contributed by atoms with Gasteiger partial charge in [0.2, 0.25) is 0 Å². The largest absolute Gasteiger partial charge is 0.271 e. The summed E-state index contributed by atoms with van der Waals surface area (Å²) in [5.74, 6) is 5.55. The Hall–Kier alpha value is -1.00. The number of aromatic nitrogens is 2. The van der Waals surface area contributed by atoms with Crippen LogP contribution in [-0.4, -0.2) is 10.2 Å². The predicted octanol–water partition coefficient (Wildman–Crippen LogP) is 2.34. The van der Waals surface area contributed by atoms with E-state index in [2.05, 4.69) is 22.5 Å². The number of unbranched alkanes of at least 4 members (excludes halogenated alkanes) is 4. The van der Waals surface area contributed by atoms with E-state index in [4.69, 9.17) is 5.84 Å². The molecule has 0 spiro atoms. The molecule has 1 aromatic heterocycles. The summed E-state index contributed by atoms with van der Waals surface area (Å²) in [6.07, 6.45) is 11.0. The van der Waals surface area contributed by atoms with Gasteiger partial charge in [0.15, 0.2) is 0 Å². The molecule has 0 saturated heterocycles. The molecule has 3 N–H and O–H groups in total. The molecule has 1 unspecified atom stereocenters. The fraction of sp³-hybridized carbons (Fsp3) is 0.667. The molecule has 0 bridgehead atoms. The zero-order chi connectivity index (χ0) is 11.6. The maximum Gasteiger partial charge on any atom is 0.0544 e. The lowest BCUT2D eigenvalue weighted by Gasteiger charge is -2.15. The second-order valence-corrected chi connectivity index (χ2v) is 4.10. The third-order valence-electron chi connectivity index (χ3n) is 2.81. The van der Waals surface area contributed by atoms with Crippen LogP contribution in [0.3, 0.4) is 0 Å². The molecule has 4 heteroatoms. The van der Waals surface area contributed by atoms with Gasteiger partial charge in [0.05, 0.1) is 6.20 Å². The minimum absolute atomic E-state index is 0.206. The molecule has 0 radical (unpaired) electrons. The second-order valence-electron chi connectivity index (χ2n) is 4.10. The molecule has 0 aromatic carbocycles. The molecule has 0 aliphatic rings. The molecule has 4 nitrogen and oxygen atoms in total. The average molecular weight is 222 g/mol. The zero-order valence-corrected chi connectivity index (χ0v) is 10.0. The van der Waals surface area contributed by atoms with Crippen LogP contribution in [-0.2, 0) is 0 Å². The van der Waals surface area contributed by atoms with E-state index in [1.165, 1.54) is 32.1 Å². The van der Waals surface area contributed by atoms with Crippen LogP contribution in [0.1, 0.15) is 57.1 Å². The highest BCUT2D eigenvalue weighted by atomic mass is 15.2. The summed E-state index contributed by atoms with van der Waals surface area (Å²) in [4.78, 5) is 0. The molecular formula is C12H22N4. The van der Waals surface area contributed by atoms with Gasteiger partial charge in [-0.25, -0.2) is 0 Å². The van der Waals surface area contributed by atoms with Gasteiger partial charge >= 0.3 is 0 Å². The number of nitrogens with zero attached hydrogens (tertiary/aromatic N) is 2. The van der Waals surface area contributed by atoms with Crippen molar-refractivity contribution in [1.29, 1.82) is 0 Å².